The Bertz CT molecular complexity index is 775. The highest BCUT2D eigenvalue weighted by Gasteiger charge is 2.14. The van der Waals surface area contributed by atoms with E-state index in [0.29, 0.717) is 12.4 Å². The Morgan fingerprint density at radius 1 is 1.19 bits per heavy atom. The van der Waals surface area contributed by atoms with Crippen molar-refractivity contribution < 1.29 is 0 Å². The molecule has 0 aliphatic rings. The summed E-state index contributed by atoms with van der Waals surface area (Å²) < 4.78 is 0. The molecule has 2 aromatic heterocycles. The zero-order valence-electron chi connectivity index (χ0n) is 12.3. The minimum absolute atomic E-state index is 0.517. The van der Waals surface area contributed by atoms with E-state index in [2.05, 4.69) is 23.0 Å². The fourth-order valence-corrected chi connectivity index (χ4v) is 2.78. The Balaban J connectivity index is 2.27. The molecule has 21 heavy (non-hydrogen) atoms. The summed E-state index contributed by atoms with van der Waals surface area (Å²) in [6, 6.07) is 6.14. The first-order valence-electron chi connectivity index (χ1n) is 7.50. The Morgan fingerprint density at radius 2 is 2.05 bits per heavy atom. The van der Waals surface area contributed by atoms with Crippen LogP contribution in [0.5, 0.6) is 0 Å². The average Bonchev–Trinajstić information content (AvgIpc) is 2.89. The van der Waals surface area contributed by atoms with Crippen molar-refractivity contribution in [3.8, 4) is 0 Å². The van der Waals surface area contributed by atoms with Gasteiger partial charge in [-0.15, -0.1) is 0 Å². The van der Waals surface area contributed by atoms with Crippen LogP contribution >= 0.6 is 0 Å². The van der Waals surface area contributed by atoms with E-state index in [-0.39, 0.29) is 0 Å². The highest BCUT2D eigenvalue weighted by molar-refractivity contribution is 6.07. The zero-order valence-corrected chi connectivity index (χ0v) is 12.3. The molecule has 0 radical (unpaired) electrons. The molecule has 3 aromatic rings. The van der Waals surface area contributed by atoms with Crippen LogP contribution in [0.15, 0.2) is 18.2 Å². The summed E-state index contributed by atoms with van der Waals surface area (Å²) in [4.78, 5) is 12.6. The summed E-state index contributed by atoms with van der Waals surface area (Å²) >= 11 is 0. The topological polar surface area (TPSA) is 93.6 Å². The van der Waals surface area contributed by atoms with Gasteiger partial charge in [0.15, 0.2) is 0 Å². The third-order valence-corrected chi connectivity index (χ3v) is 3.75. The summed E-state index contributed by atoms with van der Waals surface area (Å²) in [5.74, 6) is 1.49. The van der Waals surface area contributed by atoms with Crippen molar-refractivity contribution in [2.75, 3.05) is 12.3 Å². The molecule has 0 bridgehead atoms. The van der Waals surface area contributed by atoms with Crippen molar-refractivity contribution in [2.45, 2.75) is 32.6 Å². The number of hydrogen-bond acceptors (Lipinski definition) is 4. The maximum Gasteiger partial charge on any atom is 0.150 e. The molecule has 0 atom stereocenters. The number of hydrogen-bond donors (Lipinski definition) is 3. The number of benzene rings is 1. The predicted molar refractivity (Wildman–Crippen MR) is 87.2 cm³/mol. The monoisotopic (exact) mass is 283 g/mol. The zero-order chi connectivity index (χ0) is 14.8. The number of nitrogens with zero attached hydrogens (tertiary/aromatic N) is 2. The first-order valence-corrected chi connectivity index (χ1v) is 7.50. The first kappa shape index (κ1) is 13.8. The number of aromatic amines is 1. The van der Waals surface area contributed by atoms with Gasteiger partial charge in [0.2, 0.25) is 0 Å². The number of nitrogens with two attached hydrogens (primary N) is 2. The number of nitrogen functional groups attached to an aromatic ring is 1. The fourth-order valence-electron chi connectivity index (χ4n) is 2.78. The number of nitrogens with one attached hydrogen (secondary N) is 1. The molecule has 5 nitrogen and oxygen atoms in total. The number of rotatable bonds is 5. The summed E-state index contributed by atoms with van der Waals surface area (Å²) in [6.45, 7) is 2.82. The standard InChI is InChI=1S/C16H21N5/c1-2-5-12-20-14-13-10(7-4-9-17)6-3-8-11(13)19-16(18)15(14)21-12/h3,6,8H,2,4-5,7,9,17H2,1H3,(H2,18,19)(H,20,21). The van der Waals surface area contributed by atoms with E-state index < -0.39 is 0 Å². The fraction of sp³-hybridized carbons (Fsp3) is 0.375. The molecule has 0 unspecified atom stereocenters. The molecule has 1 aromatic carbocycles. The molecule has 5 N–H and O–H groups in total. The number of pyridine rings is 1. The molecular weight excluding hydrogens is 262 g/mol. The van der Waals surface area contributed by atoms with E-state index in [0.717, 1.165) is 53.4 Å². The van der Waals surface area contributed by atoms with Crippen molar-refractivity contribution in [3.63, 3.8) is 0 Å². The third-order valence-electron chi connectivity index (χ3n) is 3.75. The molecule has 0 fully saturated rings. The van der Waals surface area contributed by atoms with Gasteiger partial charge in [-0.05, 0) is 37.4 Å². The average molecular weight is 283 g/mol. The molecule has 110 valence electrons. The maximum absolute atomic E-state index is 6.08. The number of imidazole rings is 1. The van der Waals surface area contributed by atoms with Crippen molar-refractivity contribution in [3.05, 3.63) is 29.6 Å². The lowest BCUT2D eigenvalue weighted by Gasteiger charge is -2.07. The van der Waals surface area contributed by atoms with Gasteiger partial charge in [0.25, 0.3) is 0 Å². The molecule has 3 rings (SSSR count). The number of aryl methyl sites for hydroxylation is 2. The van der Waals surface area contributed by atoms with Crippen LogP contribution in [-0.2, 0) is 12.8 Å². The highest BCUT2D eigenvalue weighted by atomic mass is 15.0. The highest BCUT2D eigenvalue weighted by Crippen LogP contribution is 2.29. The van der Waals surface area contributed by atoms with E-state index in [9.17, 15) is 0 Å². The summed E-state index contributed by atoms with van der Waals surface area (Å²) in [5, 5.41) is 1.11. The largest absolute Gasteiger partial charge is 0.382 e. The molecule has 0 spiro atoms. The Morgan fingerprint density at radius 3 is 2.81 bits per heavy atom. The van der Waals surface area contributed by atoms with Crippen molar-refractivity contribution in [2.24, 2.45) is 5.73 Å². The van der Waals surface area contributed by atoms with Crippen LogP contribution in [0.4, 0.5) is 5.82 Å². The lowest BCUT2D eigenvalue weighted by molar-refractivity contribution is 0.837. The molecule has 0 saturated heterocycles. The number of H-pyrrole nitrogens is 1. The molecule has 5 heteroatoms. The van der Waals surface area contributed by atoms with Gasteiger partial charge >= 0.3 is 0 Å². The van der Waals surface area contributed by atoms with Crippen LogP contribution < -0.4 is 11.5 Å². The van der Waals surface area contributed by atoms with Crippen LogP contribution in [0.2, 0.25) is 0 Å². The summed E-state index contributed by atoms with van der Waals surface area (Å²) in [7, 11) is 0. The first-order chi connectivity index (χ1) is 10.2. The van der Waals surface area contributed by atoms with Crippen LogP contribution in [0.25, 0.3) is 21.9 Å². The van der Waals surface area contributed by atoms with E-state index >= 15 is 0 Å². The van der Waals surface area contributed by atoms with E-state index in [1.165, 1.54) is 5.56 Å². The van der Waals surface area contributed by atoms with Crippen molar-refractivity contribution >= 4 is 27.8 Å². The number of fused-ring (bicyclic) bond motifs is 3. The van der Waals surface area contributed by atoms with Crippen LogP contribution in [0.3, 0.4) is 0 Å². The molecule has 0 aliphatic carbocycles. The third kappa shape index (κ3) is 2.45. The van der Waals surface area contributed by atoms with E-state index in [4.69, 9.17) is 16.5 Å². The van der Waals surface area contributed by atoms with Gasteiger partial charge < -0.3 is 16.5 Å². The maximum atomic E-state index is 6.08. The van der Waals surface area contributed by atoms with Gasteiger partial charge in [0.1, 0.15) is 22.7 Å². The second-order valence-corrected chi connectivity index (χ2v) is 5.36. The molecule has 0 amide bonds. The normalized spacial score (nSPS) is 11.5. The van der Waals surface area contributed by atoms with Gasteiger partial charge in [-0.2, -0.15) is 0 Å². The predicted octanol–water partition coefficient (Wildman–Crippen LogP) is 2.54. The van der Waals surface area contributed by atoms with E-state index in [1.54, 1.807) is 0 Å². The lowest BCUT2D eigenvalue weighted by atomic mass is 10.0. The minimum Gasteiger partial charge on any atom is -0.382 e. The molecule has 2 heterocycles. The molecule has 0 saturated carbocycles. The van der Waals surface area contributed by atoms with Crippen LogP contribution in [0, 0.1) is 0 Å². The van der Waals surface area contributed by atoms with Gasteiger partial charge in [-0.25, -0.2) is 9.97 Å². The molecule has 0 aliphatic heterocycles. The Labute approximate surface area is 123 Å². The Kier molecular flexibility index (Phi) is 3.75. The summed E-state index contributed by atoms with van der Waals surface area (Å²) in [6.07, 6.45) is 3.85. The van der Waals surface area contributed by atoms with Gasteiger partial charge in [0, 0.05) is 11.8 Å². The van der Waals surface area contributed by atoms with Gasteiger partial charge in [-0.3, -0.25) is 0 Å². The van der Waals surface area contributed by atoms with Crippen LogP contribution in [0.1, 0.15) is 31.2 Å². The second-order valence-electron chi connectivity index (χ2n) is 5.36. The van der Waals surface area contributed by atoms with Crippen molar-refractivity contribution in [1.82, 2.24) is 15.0 Å². The van der Waals surface area contributed by atoms with Crippen molar-refractivity contribution in [1.29, 1.82) is 0 Å². The second kappa shape index (κ2) is 5.69. The van der Waals surface area contributed by atoms with E-state index in [1.807, 2.05) is 12.1 Å². The van der Waals surface area contributed by atoms with Crippen LogP contribution in [-0.4, -0.2) is 21.5 Å². The number of aromatic nitrogens is 3. The van der Waals surface area contributed by atoms with Gasteiger partial charge in [-0.1, -0.05) is 19.1 Å². The Hall–Kier alpha value is -2.14. The number of anilines is 1. The van der Waals surface area contributed by atoms with Gasteiger partial charge in [0.05, 0.1) is 5.52 Å². The minimum atomic E-state index is 0.517. The molecular formula is C16H21N5. The summed E-state index contributed by atoms with van der Waals surface area (Å²) in [5.41, 5.74) is 15.7. The quantitative estimate of drug-likeness (QED) is 0.670. The smallest absolute Gasteiger partial charge is 0.150 e. The SMILES string of the molecule is CCCc1nc2c([nH]1)c(N)nc1cccc(CCCN)c12. The lowest BCUT2D eigenvalue weighted by Crippen LogP contribution is -2.01.